The molecule has 0 bridgehead atoms. The molecule has 1 saturated carbocycles. The van der Waals surface area contributed by atoms with E-state index in [1.807, 2.05) is 64.1 Å². The molecule has 2 nitrogen and oxygen atoms in total. The molecule has 0 N–H and O–H groups in total. The third kappa shape index (κ3) is 6.49. The van der Waals surface area contributed by atoms with Crippen LogP contribution in [0, 0.1) is 0 Å². The van der Waals surface area contributed by atoms with Crippen LogP contribution in [0.15, 0.2) is 105 Å². The molecule has 0 amide bonds. The van der Waals surface area contributed by atoms with Crippen LogP contribution < -0.4 is 0 Å². The van der Waals surface area contributed by atoms with Gasteiger partial charge >= 0.3 is 0 Å². The van der Waals surface area contributed by atoms with Crippen molar-refractivity contribution in [2.75, 3.05) is 0 Å². The summed E-state index contributed by atoms with van der Waals surface area (Å²) in [6.45, 7) is 8.00. The van der Waals surface area contributed by atoms with Crippen LogP contribution in [0.25, 0.3) is 0 Å². The summed E-state index contributed by atoms with van der Waals surface area (Å²) in [5, 5.41) is -0.214. The molecule has 0 unspecified atom stereocenters. The summed E-state index contributed by atoms with van der Waals surface area (Å²) in [7, 11) is -3.48. The van der Waals surface area contributed by atoms with Crippen molar-refractivity contribution in [1.82, 2.24) is 0 Å². The van der Waals surface area contributed by atoms with E-state index in [-0.39, 0.29) is 16.1 Å². The van der Waals surface area contributed by atoms with Crippen LogP contribution >= 0.6 is 0 Å². The van der Waals surface area contributed by atoms with Crippen molar-refractivity contribution in [2.45, 2.75) is 84.6 Å². The molecular formula is C28H37O2S2+. The first-order chi connectivity index (χ1) is 15.7. The van der Waals surface area contributed by atoms with Crippen LogP contribution in [0.5, 0.6) is 0 Å². The van der Waals surface area contributed by atoms with Gasteiger partial charge < -0.3 is 0 Å². The first-order valence-corrected chi connectivity index (χ1v) is 14.6. The van der Waals surface area contributed by atoms with E-state index in [0.29, 0.717) is 4.90 Å². The van der Waals surface area contributed by atoms with Crippen LogP contribution in [-0.2, 0) is 20.7 Å². The zero-order valence-corrected chi connectivity index (χ0v) is 21.5. The number of benzene rings is 3. The van der Waals surface area contributed by atoms with Gasteiger partial charge in [0.25, 0.3) is 0 Å². The van der Waals surface area contributed by atoms with Crippen molar-refractivity contribution >= 4 is 20.7 Å². The summed E-state index contributed by atoms with van der Waals surface area (Å²) in [6.07, 6.45) is 4.79. The summed E-state index contributed by atoms with van der Waals surface area (Å²) in [5.74, 6) is 0. The fraction of sp³-hybridized carbons (Fsp3) is 0.357. The lowest BCUT2D eigenvalue weighted by Gasteiger charge is -2.21. The normalized spacial score (nSPS) is 14.0. The van der Waals surface area contributed by atoms with Gasteiger partial charge in [0, 0.05) is 0 Å². The van der Waals surface area contributed by atoms with Gasteiger partial charge in [0.2, 0.25) is 0 Å². The van der Waals surface area contributed by atoms with Crippen molar-refractivity contribution in [3.63, 3.8) is 0 Å². The monoisotopic (exact) mass is 469 g/mol. The Hall–Kier alpha value is -2.04. The minimum Gasteiger partial charge on any atom is -0.223 e. The van der Waals surface area contributed by atoms with Gasteiger partial charge in [0.15, 0.2) is 24.5 Å². The van der Waals surface area contributed by atoms with Crippen molar-refractivity contribution in [1.29, 1.82) is 0 Å². The molecule has 4 rings (SSSR count). The zero-order valence-electron chi connectivity index (χ0n) is 19.8. The maximum atomic E-state index is 13.0. The fourth-order valence-corrected chi connectivity index (χ4v) is 7.79. The summed E-state index contributed by atoms with van der Waals surface area (Å²) < 4.78 is 26.0. The highest BCUT2D eigenvalue weighted by Gasteiger charge is 2.31. The lowest BCUT2D eigenvalue weighted by molar-refractivity contribution is 0.483. The van der Waals surface area contributed by atoms with Gasteiger partial charge in [-0.05, 0) is 61.4 Å². The molecule has 32 heavy (non-hydrogen) atoms. The highest BCUT2D eigenvalue weighted by molar-refractivity contribution is 7.97. The molecule has 0 atom stereocenters. The van der Waals surface area contributed by atoms with Gasteiger partial charge in [-0.2, -0.15) is 0 Å². The Labute approximate surface area is 198 Å². The van der Waals surface area contributed by atoms with E-state index in [0.717, 1.165) is 37.0 Å². The molecule has 0 radical (unpaired) electrons. The third-order valence-electron chi connectivity index (χ3n) is 5.34. The van der Waals surface area contributed by atoms with E-state index >= 15 is 0 Å². The maximum absolute atomic E-state index is 13.0. The molecule has 4 heteroatoms. The molecule has 1 aliphatic carbocycles. The first kappa shape index (κ1) is 26.2. The second kappa shape index (κ2) is 13.5. The molecule has 0 saturated heterocycles. The summed E-state index contributed by atoms with van der Waals surface area (Å²) in [4.78, 5) is 4.07. The molecule has 3 aromatic rings. The quantitative estimate of drug-likeness (QED) is 0.355. The van der Waals surface area contributed by atoms with Crippen molar-refractivity contribution < 1.29 is 8.42 Å². The predicted octanol–water partition coefficient (Wildman–Crippen LogP) is 7.94. The van der Waals surface area contributed by atoms with Gasteiger partial charge in [-0.15, -0.1) is 0 Å². The Bertz CT molecular complexity index is 953. The lowest BCUT2D eigenvalue weighted by Crippen LogP contribution is -2.24. The van der Waals surface area contributed by atoms with Gasteiger partial charge in [0.05, 0.1) is 21.0 Å². The summed E-state index contributed by atoms with van der Waals surface area (Å²) in [5.41, 5.74) is 0. The van der Waals surface area contributed by atoms with Crippen molar-refractivity contribution in [3.05, 3.63) is 84.9 Å². The Morgan fingerprint density at radius 3 is 1.44 bits per heavy atom. The molecule has 172 valence electrons. The van der Waals surface area contributed by atoms with Crippen LogP contribution in [0.3, 0.4) is 0 Å². The molecule has 3 aromatic carbocycles. The highest BCUT2D eigenvalue weighted by Crippen LogP contribution is 2.33. The molecule has 0 aromatic heterocycles. The smallest absolute Gasteiger partial charge is 0.181 e. The largest absolute Gasteiger partial charge is 0.223 e. The molecule has 1 aliphatic rings. The average Bonchev–Trinajstić information content (AvgIpc) is 2.89. The first-order valence-electron chi connectivity index (χ1n) is 11.8. The van der Waals surface area contributed by atoms with Crippen molar-refractivity contribution in [3.8, 4) is 0 Å². The van der Waals surface area contributed by atoms with Crippen LogP contribution in [0.4, 0.5) is 0 Å². The molecule has 0 heterocycles. The minimum absolute atomic E-state index is 0.214. The third-order valence-corrected chi connectivity index (χ3v) is 9.85. The van der Waals surface area contributed by atoms with Gasteiger partial charge in [-0.3, -0.25) is 0 Å². The molecule has 1 fully saturated rings. The van der Waals surface area contributed by atoms with E-state index in [9.17, 15) is 8.42 Å². The standard InChI is InChI=1S/C24H25O2S2.2C2H6/c25-28(26,23-14-8-3-9-15-23)24-18-16-22(17-19-24)27(20-10-4-1-5-11-20)21-12-6-2-7-13-21;2*1-2/h1-2,4-7,10-13,16-19,23H,3,8-9,14-15H2;2*1-2H3/q+1;;. The second-order valence-electron chi connectivity index (χ2n) is 7.21. The van der Waals surface area contributed by atoms with E-state index < -0.39 is 9.84 Å². The van der Waals surface area contributed by atoms with E-state index in [4.69, 9.17) is 0 Å². The van der Waals surface area contributed by atoms with E-state index in [2.05, 4.69) is 48.5 Å². The number of rotatable bonds is 5. The van der Waals surface area contributed by atoms with Crippen LogP contribution in [-0.4, -0.2) is 13.7 Å². The Morgan fingerprint density at radius 2 is 1.00 bits per heavy atom. The van der Waals surface area contributed by atoms with E-state index in [1.54, 1.807) is 0 Å². The number of hydrogen-bond donors (Lipinski definition) is 0. The maximum Gasteiger partial charge on any atom is 0.181 e. The molecule has 0 aliphatic heterocycles. The average molecular weight is 470 g/mol. The summed E-state index contributed by atoms with van der Waals surface area (Å²) in [6, 6.07) is 28.5. The van der Waals surface area contributed by atoms with Gasteiger partial charge in [-0.25, -0.2) is 8.42 Å². The van der Waals surface area contributed by atoms with Crippen molar-refractivity contribution in [2.24, 2.45) is 0 Å². The molecular weight excluding hydrogens is 432 g/mol. The predicted molar refractivity (Wildman–Crippen MR) is 138 cm³/mol. The highest BCUT2D eigenvalue weighted by atomic mass is 32.2. The molecule has 0 spiro atoms. The minimum atomic E-state index is -3.23. The number of sulfone groups is 1. The zero-order chi connectivity index (χ0) is 23.4. The lowest BCUT2D eigenvalue weighted by atomic mass is 10.0. The Kier molecular flexibility index (Phi) is 11.1. The fourth-order valence-electron chi connectivity index (χ4n) is 3.85. The van der Waals surface area contributed by atoms with E-state index in [1.165, 1.54) is 9.79 Å². The Morgan fingerprint density at radius 1 is 0.594 bits per heavy atom. The second-order valence-corrected chi connectivity index (χ2v) is 11.5. The number of hydrogen-bond acceptors (Lipinski definition) is 2. The summed E-state index contributed by atoms with van der Waals surface area (Å²) >= 11 is 0. The van der Waals surface area contributed by atoms with Crippen LogP contribution in [0.2, 0.25) is 0 Å². The topological polar surface area (TPSA) is 34.1 Å². The SMILES string of the molecule is CC.CC.O=S(=O)(c1ccc([S+](c2ccccc2)c2ccccc2)cc1)C1CCCCC1. The van der Waals surface area contributed by atoms with Gasteiger partial charge in [-0.1, -0.05) is 83.4 Å². The Balaban J connectivity index is 0.000000860. The van der Waals surface area contributed by atoms with Gasteiger partial charge in [0.1, 0.15) is 0 Å². The van der Waals surface area contributed by atoms with Crippen LogP contribution in [0.1, 0.15) is 59.8 Å².